The summed E-state index contributed by atoms with van der Waals surface area (Å²) in [6.07, 6.45) is 3.69. The lowest BCUT2D eigenvalue weighted by atomic mass is 10.1. The van der Waals surface area contributed by atoms with E-state index >= 15 is 0 Å². The molecule has 1 heterocycles. The molecule has 0 aliphatic carbocycles. The van der Waals surface area contributed by atoms with Crippen LogP contribution in [-0.4, -0.2) is 43.8 Å². The second-order valence-electron chi connectivity index (χ2n) is 4.40. The highest BCUT2D eigenvalue weighted by molar-refractivity contribution is 7.90. The lowest BCUT2D eigenvalue weighted by Gasteiger charge is -2.17. The molecule has 15 heavy (non-hydrogen) atoms. The maximum atomic E-state index is 10.9. The van der Waals surface area contributed by atoms with Gasteiger partial charge in [0.15, 0.2) is 0 Å². The van der Waals surface area contributed by atoms with Crippen LogP contribution in [0.5, 0.6) is 0 Å². The Hall–Kier alpha value is -0.130. The molecule has 0 saturated carbocycles. The Bertz CT molecular complexity index is 286. The molecule has 3 atom stereocenters. The van der Waals surface area contributed by atoms with Crippen LogP contribution in [0.2, 0.25) is 0 Å². The summed E-state index contributed by atoms with van der Waals surface area (Å²) in [5, 5.41) is 9.74. The van der Waals surface area contributed by atoms with Gasteiger partial charge in [-0.2, -0.15) is 0 Å². The summed E-state index contributed by atoms with van der Waals surface area (Å²) in [6, 6.07) is 0. The standard InChI is InChI=1S/C10H20O4S/c1-8-5-6-10(14-8)9(11)4-3-7-15(2,12)13/h8-11H,3-7H2,1-2H3. The number of aliphatic hydroxyl groups excluding tert-OH is 1. The summed E-state index contributed by atoms with van der Waals surface area (Å²) in [5.41, 5.74) is 0. The van der Waals surface area contributed by atoms with Gasteiger partial charge in [-0.05, 0) is 32.6 Å². The number of ether oxygens (including phenoxy) is 1. The second kappa shape index (κ2) is 5.27. The normalized spacial score (nSPS) is 29.3. The van der Waals surface area contributed by atoms with Gasteiger partial charge in [-0.1, -0.05) is 0 Å². The monoisotopic (exact) mass is 236 g/mol. The van der Waals surface area contributed by atoms with Gasteiger partial charge in [-0.3, -0.25) is 0 Å². The van der Waals surface area contributed by atoms with Gasteiger partial charge < -0.3 is 9.84 Å². The van der Waals surface area contributed by atoms with E-state index < -0.39 is 15.9 Å². The van der Waals surface area contributed by atoms with Crippen LogP contribution in [0.3, 0.4) is 0 Å². The molecule has 1 aliphatic rings. The summed E-state index contributed by atoms with van der Waals surface area (Å²) in [7, 11) is -2.91. The SMILES string of the molecule is CC1CCC(C(O)CCCS(C)(=O)=O)O1. The lowest BCUT2D eigenvalue weighted by molar-refractivity contribution is -0.0315. The first-order valence-electron chi connectivity index (χ1n) is 5.40. The van der Waals surface area contributed by atoms with Crippen molar-refractivity contribution >= 4 is 9.84 Å². The molecule has 1 fully saturated rings. The molecule has 0 aromatic heterocycles. The fourth-order valence-corrected chi connectivity index (χ4v) is 2.55. The maximum Gasteiger partial charge on any atom is 0.147 e. The van der Waals surface area contributed by atoms with E-state index in [0.29, 0.717) is 12.8 Å². The van der Waals surface area contributed by atoms with Crippen LogP contribution in [0, 0.1) is 0 Å². The molecule has 0 amide bonds. The second-order valence-corrected chi connectivity index (χ2v) is 6.66. The van der Waals surface area contributed by atoms with Crippen molar-refractivity contribution in [1.29, 1.82) is 0 Å². The van der Waals surface area contributed by atoms with E-state index in [9.17, 15) is 13.5 Å². The third-order valence-electron chi connectivity index (χ3n) is 2.71. The average molecular weight is 236 g/mol. The molecule has 1 N–H and O–H groups in total. The van der Waals surface area contributed by atoms with Crippen molar-refractivity contribution in [3.8, 4) is 0 Å². The first-order valence-corrected chi connectivity index (χ1v) is 7.46. The highest BCUT2D eigenvalue weighted by atomic mass is 32.2. The van der Waals surface area contributed by atoms with Gasteiger partial charge in [0.25, 0.3) is 0 Å². The molecule has 1 saturated heterocycles. The van der Waals surface area contributed by atoms with Crippen LogP contribution in [-0.2, 0) is 14.6 Å². The van der Waals surface area contributed by atoms with E-state index in [1.54, 1.807) is 0 Å². The summed E-state index contributed by atoms with van der Waals surface area (Å²) < 4.78 is 27.3. The zero-order chi connectivity index (χ0) is 11.5. The molecule has 0 radical (unpaired) electrons. The molecular weight excluding hydrogens is 216 g/mol. The fourth-order valence-electron chi connectivity index (χ4n) is 1.86. The van der Waals surface area contributed by atoms with Gasteiger partial charge in [0.05, 0.1) is 18.3 Å². The average Bonchev–Trinajstić information content (AvgIpc) is 2.49. The predicted molar refractivity (Wildman–Crippen MR) is 58.5 cm³/mol. The van der Waals surface area contributed by atoms with Crippen molar-refractivity contribution in [3.05, 3.63) is 0 Å². The molecule has 0 spiro atoms. The van der Waals surface area contributed by atoms with Gasteiger partial charge >= 0.3 is 0 Å². The molecular formula is C10H20O4S. The van der Waals surface area contributed by atoms with E-state index in [4.69, 9.17) is 4.74 Å². The highest BCUT2D eigenvalue weighted by Gasteiger charge is 2.27. The Kier molecular flexibility index (Phi) is 4.55. The van der Waals surface area contributed by atoms with Crippen molar-refractivity contribution in [2.24, 2.45) is 0 Å². The minimum atomic E-state index is -2.91. The van der Waals surface area contributed by atoms with Crippen LogP contribution >= 0.6 is 0 Å². The topological polar surface area (TPSA) is 63.6 Å². The summed E-state index contributed by atoms with van der Waals surface area (Å²) in [4.78, 5) is 0. The number of sulfone groups is 1. The van der Waals surface area contributed by atoms with E-state index in [1.807, 2.05) is 6.92 Å². The maximum absolute atomic E-state index is 10.9. The van der Waals surface area contributed by atoms with E-state index in [1.165, 1.54) is 6.26 Å². The van der Waals surface area contributed by atoms with E-state index in [2.05, 4.69) is 0 Å². The molecule has 1 aliphatic heterocycles. The Morgan fingerprint density at radius 1 is 1.47 bits per heavy atom. The number of hydrogen-bond acceptors (Lipinski definition) is 4. The third kappa shape index (κ3) is 4.95. The number of rotatable bonds is 5. The van der Waals surface area contributed by atoms with Gasteiger partial charge in [0.1, 0.15) is 9.84 Å². The molecule has 90 valence electrons. The molecule has 0 bridgehead atoms. The molecule has 1 rings (SSSR count). The lowest BCUT2D eigenvalue weighted by Crippen LogP contribution is -2.26. The molecule has 4 nitrogen and oxygen atoms in total. The first-order chi connectivity index (χ1) is 6.88. The Morgan fingerprint density at radius 2 is 2.13 bits per heavy atom. The summed E-state index contributed by atoms with van der Waals surface area (Å²) >= 11 is 0. The van der Waals surface area contributed by atoms with Crippen LogP contribution in [0.25, 0.3) is 0 Å². The summed E-state index contributed by atoms with van der Waals surface area (Å²) in [5.74, 6) is 0.145. The van der Waals surface area contributed by atoms with Crippen molar-refractivity contribution in [1.82, 2.24) is 0 Å². The third-order valence-corrected chi connectivity index (χ3v) is 3.74. The van der Waals surface area contributed by atoms with Crippen LogP contribution in [0.4, 0.5) is 0 Å². The predicted octanol–water partition coefficient (Wildman–Crippen LogP) is 0.740. The number of hydrogen-bond donors (Lipinski definition) is 1. The smallest absolute Gasteiger partial charge is 0.147 e. The first kappa shape index (κ1) is 12.9. The minimum absolute atomic E-state index is 0.0976. The van der Waals surface area contributed by atoms with Crippen molar-refractivity contribution in [3.63, 3.8) is 0 Å². The highest BCUT2D eigenvalue weighted by Crippen LogP contribution is 2.23. The van der Waals surface area contributed by atoms with Gasteiger partial charge in [-0.25, -0.2) is 8.42 Å². The molecule has 5 heteroatoms. The van der Waals surface area contributed by atoms with Crippen molar-refractivity contribution in [2.75, 3.05) is 12.0 Å². The Balaban J connectivity index is 2.22. The van der Waals surface area contributed by atoms with Crippen LogP contribution in [0.1, 0.15) is 32.6 Å². The van der Waals surface area contributed by atoms with Crippen molar-refractivity contribution < 1.29 is 18.3 Å². The number of aliphatic hydroxyl groups is 1. The van der Waals surface area contributed by atoms with E-state index in [0.717, 1.165) is 12.8 Å². The van der Waals surface area contributed by atoms with Gasteiger partial charge in [-0.15, -0.1) is 0 Å². The molecule has 3 unspecified atom stereocenters. The zero-order valence-electron chi connectivity index (χ0n) is 9.35. The molecule has 0 aromatic rings. The largest absolute Gasteiger partial charge is 0.390 e. The quantitative estimate of drug-likeness (QED) is 0.764. The zero-order valence-corrected chi connectivity index (χ0v) is 10.2. The fraction of sp³-hybridized carbons (Fsp3) is 1.00. The molecule has 0 aromatic carbocycles. The Morgan fingerprint density at radius 3 is 2.60 bits per heavy atom. The van der Waals surface area contributed by atoms with Crippen LogP contribution in [0.15, 0.2) is 0 Å². The summed E-state index contributed by atoms with van der Waals surface area (Å²) in [6.45, 7) is 1.99. The van der Waals surface area contributed by atoms with Crippen LogP contribution < -0.4 is 0 Å². The van der Waals surface area contributed by atoms with Gasteiger partial charge in [0, 0.05) is 12.0 Å². The van der Waals surface area contributed by atoms with Crippen molar-refractivity contribution in [2.45, 2.75) is 50.9 Å². The van der Waals surface area contributed by atoms with Gasteiger partial charge in [0.2, 0.25) is 0 Å². The Labute approximate surface area is 91.6 Å². The minimum Gasteiger partial charge on any atom is -0.390 e. The van der Waals surface area contributed by atoms with E-state index in [-0.39, 0.29) is 18.0 Å².